The molecule has 0 amide bonds. The summed E-state index contributed by atoms with van der Waals surface area (Å²) in [4.78, 5) is 8.98. The normalized spacial score (nSPS) is 27.7. The lowest BCUT2D eigenvalue weighted by molar-refractivity contribution is -0.0959. The molecule has 26 heavy (non-hydrogen) atoms. The van der Waals surface area contributed by atoms with Gasteiger partial charge in [0, 0.05) is 32.0 Å². The molecule has 0 spiro atoms. The van der Waals surface area contributed by atoms with Crippen molar-refractivity contribution in [1.82, 2.24) is 14.8 Å². The van der Waals surface area contributed by atoms with E-state index < -0.39 is 5.60 Å². The molecule has 138 valence electrons. The molecule has 0 bridgehead atoms. The Hall–Kier alpha value is -1.46. The minimum absolute atomic E-state index is 0.113. The van der Waals surface area contributed by atoms with Crippen molar-refractivity contribution in [3.05, 3.63) is 64.9 Å². The molecule has 0 unspecified atom stereocenters. The van der Waals surface area contributed by atoms with Crippen LogP contribution in [0.4, 0.5) is 0 Å². The highest BCUT2D eigenvalue weighted by molar-refractivity contribution is 6.31. The monoisotopic (exact) mass is 371 g/mol. The van der Waals surface area contributed by atoms with Crippen LogP contribution in [0.15, 0.2) is 48.8 Å². The minimum Gasteiger partial charge on any atom is -0.383 e. The molecule has 5 heteroatoms. The van der Waals surface area contributed by atoms with Crippen LogP contribution in [0.25, 0.3) is 0 Å². The van der Waals surface area contributed by atoms with Crippen molar-refractivity contribution in [2.24, 2.45) is 0 Å². The minimum atomic E-state index is -0.788. The molecule has 2 aliphatic rings. The number of aromatic nitrogens is 1. The van der Waals surface area contributed by atoms with Gasteiger partial charge in [-0.15, -0.1) is 0 Å². The van der Waals surface area contributed by atoms with E-state index in [9.17, 15) is 5.11 Å². The van der Waals surface area contributed by atoms with Crippen molar-refractivity contribution in [3.8, 4) is 0 Å². The largest absolute Gasteiger partial charge is 0.383 e. The maximum Gasteiger partial charge on any atom is 0.108 e. The van der Waals surface area contributed by atoms with Gasteiger partial charge in [-0.2, -0.15) is 0 Å². The summed E-state index contributed by atoms with van der Waals surface area (Å²) in [5, 5.41) is 12.4. The van der Waals surface area contributed by atoms with E-state index in [4.69, 9.17) is 11.6 Å². The van der Waals surface area contributed by atoms with Crippen LogP contribution in [0.3, 0.4) is 0 Å². The Morgan fingerprint density at radius 3 is 2.62 bits per heavy atom. The lowest BCUT2D eigenvalue weighted by Crippen LogP contribution is -2.60. The van der Waals surface area contributed by atoms with Gasteiger partial charge in [0.2, 0.25) is 0 Å². The SMILES string of the molecule is O[C@]1(c2ccccc2)CCN(Cc2ccncc2Cl)C[C@H]1N1CCCC1. The van der Waals surface area contributed by atoms with Gasteiger partial charge in [0.15, 0.2) is 0 Å². The Kier molecular flexibility index (Phi) is 5.28. The van der Waals surface area contributed by atoms with Gasteiger partial charge in [-0.3, -0.25) is 14.8 Å². The van der Waals surface area contributed by atoms with Crippen LogP contribution in [0.5, 0.6) is 0 Å². The molecular formula is C21H26ClN3O. The second kappa shape index (κ2) is 7.65. The van der Waals surface area contributed by atoms with Crippen molar-refractivity contribution in [2.45, 2.75) is 37.5 Å². The number of benzene rings is 1. The van der Waals surface area contributed by atoms with Gasteiger partial charge in [-0.1, -0.05) is 41.9 Å². The first-order chi connectivity index (χ1) is 12.7. The fourth-order valence-electron chi connectivity index (χ4n) is 4.43. The van der Waals surface area contributed by atoms with Crippen molar-refractivity contribution >= 4 is 11.6 Å². The van der Waals surface area contributed by atoms with Gasteiger partial charge in [-0.05, 0) is 49.5 Å². The third-order valence-electron chi connectivity index (χ3n) is 5.90. The van der Waals surface area contributed by atoms with Crippen molar-refractivity contribution in [3.63, 3.8) is 0 Å². The van der Waals surface area contributed by atoms with Crippen LogP contribution in [-0.4, -0.2) is 52.1 Å². The van der Waals surface area contributed by atoms with E-state index in [2.05, 4.69) is 26.9 Å². The first-order valence-electron chi connectivity index (χ1n) is 9.49. The summed E-state index contributed by atoms with van der Waals surface area (Å²) in [5.74, 6) is 0. The third kappa shape index (κ3) is 3.52. The van der Waals surface area contributed by atoms with Gasteiger partial charge >= 0.3 is 0 Å². The Bertz CT molecular complexity index is 735. The van der Waals surface area contributed by atoms with Crippen molar-refractivity contribution < 1.29 is 5.11 Å². The summed E-state index contributed by atoms with van der Waals surface area (Å²) < 4.78 is 0. The van der Waals surface area contributed by atoms with Crippen LogP contribution in [0.1, 0.15) is 30.4 Å². The number of halogens is 1. The Morgan fingerprint density at radius 1 is 1.12 bits per heavy atom. The fourth-order valence-corrected chi connectivity index (χ4v) is 4.61. The van der Waals surface area contributed by atoms with Gasteiger partial charge < -0.3 is 5.11 Å². The van der Waals surface area contributed by atoms with Crippen LogP contribution in [0, 0.1) is 0 Å². The van der Waals surface area contributed by atoms with E-state index in [1.807, 2.05) is 24.3 Å². The molecule has 0 aliphatic carbocycles. The van der Waals surface area contributed by atoms with E-state index in [0.29, 0.717) is 5.02 Å². The van der Waals surface area contributed by atoms with E-state index in [1.54, 1.807) is 12.4 Å². The summed E-state index contributed by atoms with van der Waals surface area (Å²) in [6.07, 6.45) is 6.68. The van der Waals surface area contributed by atoms with Crippen LogP contribution in [0.2, 0.25) is 5.02 Å². The second-order valence-electron chi connectivity index (χ2n) is 7.50. The van der Waals surface area contributed by atoms with Crippen molar-refractivity contribution in [2.75, 3.05) is 26.2 Å². The van der Waals surface area contributed by atoms with Crippen LogP contribution >= 0.6 is 11.6 Å². The second-order valence-corrected chi connectivity index (χ2v) is 7.91. The number of nitrogens with zero attached hydrogens (tertiary/aromatic N) is 3. The summed E-state index contributed by atoms with van der Waals surface area (Å²) in [7, 11) is 0. The highest BCUT2D eigenvalue weighted by Gasteiger charge is 2.46. The predicted molar refractivity (Wildman–Crippen MR) is 104 cm³/mol. The number of piperidine rings is 1. The van der Waals surface area contributed by atoms with E-state index >= 15 is 0 Å². The van der Waals surface area contributed by atoms with E-state index in [-0.39, 0.29) is 6.04 Å². The highest BCUT2D eigenvalue weighted by atomic mass is 35.5. The first-order valence-corrected chi connectivity index (χ1v) is 9.87. The number of pyridine rings is 1. The molecular weight excluding hydrogens is 346 g/mol. The number of likely N-dealkylation sites (tertiary alicyclic amines) is 2. The molecule has 0 radical (unpaired) electrons. The quantitative estimate of drug-likeness (QED) is 0.895. The summed E-state index contributed by atoms with van der Waals surface area (Å²) >= 11 is 6.31. The summed E-state index contributed by atoms with van der Waals surface area (Å²) in [6.45, 7) is 4.66. The Labute approximate surface area is 160 Å². The lowest BCUT2D eigenvalue weighted by Gasteiger charge is -2.48. The zero-order valence-electron chi connectivity index (χ0n) is 15.0. The zero-order valence-corrected chi connectivity index (χ0v) is 15.8. The number of hydrogen-bond acceptors (Lipinski definition) is 4. The highest BCUT2D eigenvalue weighted by Crippen LogP contribution is 2.37. The maximum atomic E-state index is 11.7. The Balaban J connectivity index is 1.58. The van der Waals surface area contributed by atoms with Gasteiger partial charge in [0.25, 0.3) is 0 Å². The maximum absolute atomic E-state index is 11.7. The van der Waals surface area contributed by atoms with E-state index in [0.717, 1.165) is 50.3 Å². The molecule has 2 aliphatic heterocycles. The molecule has 1 N–H and O–H groups in total. The molecule has 2 atom stereocenters. The average Bonchev–Trinajstić information content (AvgIpc) is 3.20. The topological polar surface area (TPSA) is 39.6 Å². The molecule has 4 rings (SSSR count). The Morgan fingerprint density at radius 2 is 1.88 bits per heavy atom. The number of rotatable bonds is 4. The standard InChI is InChI=1S/C21H26ClN3O/c22-19-14-23-10-8-17(19)15-24-13-9-21(26,18-6-2-1-3-7-18)20(16-24)25-11-4-5-12-25/h1-3,6-8,10,14,20,26H,4-5,9,11-13,15-16H2/t20-,21+/m1/s1. The van der Waals surface area contributed by atoms with E-state index in [1.165, 1.54) is 12.8 Å². The molecule has 1 aromatic heterocycles. The lowest BCUT2D eigenvalue weighted by atomic mass is 9.79. The smallest absolute Gasteiger partial charge is 0.108 e. The predicted octanol–water partition coefficient (Wildman–Crippen LogP) is 3.29. The van der Waals surface area contributed by atoms with Gasteiger partial charge in [-0.25, -0.2) is 0 Å². The fraction of sp³-hybridized carbons (Fsp3) is 0.476. The molecule has 2 saturated heterocycles. The summed E-state index contributed by atoms with van der Waals surface area (Å²) in [5.41, 5.74) is 1.36. The van der Waals surface area contributed by atoms with Gasteiger partial charge in [0.05, 0.1) is 11.1 Å². The molecule has 1 aromatic carbocycles. The third-order valence-corrected chi connectivity index (χ3v) is 6.24. The average molecular weight is 372 g/mol. The van der Waals surface area contributed by atoms with Gasteiger partial charge in [0.1, 0.15) is 5.60 Å². The first kappa shape index (κ1) is 17.9. The number of hydrogen-bond donors (Lipinski definition) is 1. The molecule has 2 fully saturated rings. The number of aliphatic hydroxyl groups is 1. The molecule has 0 saturated carbocycles. The molecule has 3 heterocycles. The zero-order chi connectivity index (χ0) is 18.0. The van der Waals surface area contributed by atoms with Crippen LogP contribution in [-0.2, 0) is 12.1 Å². The summed E-state index contributed by atoms with van der Waals surface area (Å²) in [6, 6.07) is 12.3. The van der Waals surface area contributed by atoms with Crippen LogP contribution < -0.4 is 0 Å². The van der Waals surface area contributed by atoms with Crippen molar-refractivity contribution in [1.29, 1.82) is 0 Å². The molecule has 4 nitrogen and oxygen atoms in total. The molecule has 2 aromatic rings.